The van der Waals surface area contributed by atoms with Gasteiger partial charge < -0.3 is 17.1 Å². The summed E-state index contributed by atoms with van der Waals surface area (Å²) < 4.78 is 0. The molecule has 3 unspecified atom stereocenters. The summed E-state index contributed by atoms with van der Waals surface area (Å²) in [4.78, 5) is 16.8. The van der Waals surface area contributed by atoms with Crippen LogP contribution in [0.3, 0.4) is 0 Å². The van der Waals surface area contributed by atoms with Crippen LogP contribution in [0.25, 0.3) is 0 Å². The van der Waals surface area contributed by atoms with Crippen LogP contribution in [-0.4, -0.2) is 27.1 Å². The van der Waals surface area contributed by atoms with Crippen molar-refractivity contribution in [3.8, 4) is 0 Å². The molecule has 0 amide bonds. The number of aliphatic hydroxyl groups is 2. The maximum Gasteiger partial charge on any atom is 0.139 e. The molecule has 5 heteroatoms. The Morgan fingerprint density at radius 2 is 2.00 bits per heavy atom. The molecule has 0 saturated heterocycles. The van der Waals surface area contributed by atoms with E-state index >= 15 is 0 Å². The third-order valence-electron chi connectivity index (χ3n) is 5.55. The minimum absolute atomic E-state index is 0. The van der Waals surface area contributed by atoms with Gasteiger partial charge in [0.15, 0.2) is 0 Å². The van der Waals surface area contributed by atoms with Gasteiger partial charge in [0, 0.05) is 62.9 Å². The average Bonchev–Trinajstić information content (AvgIpc) is 2.92. The number of aliphatic hydroxyl groups excluding tert-OH is 2. The SMILES string of the molecule is [CH2-]CCCCCC1C(=O)C[C@@H](O)C1c1ccc(C(O)CCCCC)cn1.[Y]. The molecule has 1 radical (unpaired) electrons. The first-order valence-corrected chi connectivity index (χ1v) is 10.2. The Morgan fingerprint density at radius 1 is 1.22 bits per heavy atom. The number of ketones is 1. The van der Waals surface area contributed by atoms with Crippen LogP contribution in [0.4, 0.5) is 0 Å². The van der Waals surface area contributed by atoms with Gasteiger partial charge in [-0.15, -0.1) is 0 Å². The van der Waals surface area contributed by atoms with E-state index in [1.54, 1.807) is 6.20 Å². The minimum Gasteiger partial charge on any atom is -0.392 e. The number of pyridine rings is 1. The number of hydrogen-bond donors (Lipinski definition) is 2. The van der Waals surface area contributed by atoms with Crippen LogP contribution < -0.4 is 0 Å². The van der Waals surface area contributed by atoms with E-state index < -0.39 is 12.2 Å². The van der Waals surface area contributed by atoms with Crippen LogP contribution in [0.5, 0.6) is 0 Å². The molecule has 2 rings (SSSR count). The molecule has 1 aliphatic rings. The quantitative estimate of drug-likeness (QED) is 0.385. The first kappa shape index (κ1) is 24.9. The van der Waals surface area contributed by atoms with Gasteiger partial charge in [-0.1, -0.05) is 51.5 Å². The van der Waals surface area contributed by atoms with Crippen molar-refractivity contribution < 1.29 is 47.7 Å². The maximum absolute atomic E-state index is 12.3. The van der Waals surface area contributed by atoms with Gasteiger partial charge in [-0.2, -0.15) is 6.42 Å². The number of carbonyl (C=O) groups is 1. The Balaban J connectivity index is 0.00000364. The topological polar surface area (TPSA) is 70.4 Å². The Hall–Kier alpha value is -0.156. The van der Waals surface area contributed by atoms with Gasteiger partial charge in [0.05, 0.1) is 12.2 Å². The van der Waals surface area contributed by atoms with E-state index in [-0.39, 0.29) is 56.7 Å². The van der Waals surface area contributed by atoms with E-state index in [0.717, 1.165) is 69.0 Å². The number of Topliss-reactive ketones (excluding diaryl/α,β-unsaturated/α-hetero) is 1. The molecule has 149 valence electrons. The van der Waals surface area contributed by atoms with Crippen molar-refractivity contribution in [2.24, 2.45) is 5.92 Å². The second-order valence-corrected chi connectivity index (χ2v) is 7.60. The fraction of sp³-hybridized carbons (Fsp3) is 0.682. The van der Waals surface area contributed by atoms with E-state index in [2.05, 4.69) is 18.8 Å². The molecular weight excluding hydrogens is 415 g/mol. The molecule has 1 aromatic heterocycles. The normalized spacial score (nSPS) is 23.3. The third-order valence-corrected chi connectivity index (χ3v) is 5.55. The van der Waals surface area contributed by atoms with Crippen LogP contribution in [0.2, 0.25) is 0 Å². The van der Waals surface area contributed by atoms with Crippen molar-refractivity contribution in [1.29, 1.82) is 0 Å². The molecule has 0 aromatic carbocycles. The molecule has 1 aromatic rings. The Morgan fingerprint density at radius 3 is 2.63 bits per heavy atom. The van der Waals surface area contributed by atoms with Crippen LogP contribution in [0.15, 0.2) is 18.3 Å². The van der Waals surface area contributed by atoms with Crippen molar-refractivity contribution >= 4 is 5.78 Å². The van der Waals surface area contributed by atoms with Gasteiger partial charge in [-0.05, 0) is 24.5 Å². The van der Waals surface area contributed by atoms with Crippen molar-refractivity contribution in [1.82, 2.24) is 4.98 Å². The maximum atomic E-state index is 12.3. The van der Waals surface area contributed by atoms with Gasteiger partial charge in [0.1, 0.15) is 5.78 Å². The summed E-state index contributed by atoms with van der Waals surface area (Å²) in [6, 6.07) is 3.78. The first-order valence-electron chi connectivity index (χ1n) is 10.2. The Labute approximate surface area is 189 Å². The van der Waals surface area contributed by atoms with Crippen molar-refractivity contribution in [3.63, 3.8) is 0 Å². The molecule has 27 heavy (non-hydrogen) atoms. The molecule has 4 nitrogen and oxygen atoms in total. The van der Waals surface area contributed by atoms with Gasteiger partial charge in [0.25, 0.3) is 0 Å². The summed E-state index contributed by atoms with van der Waals surface area (Å²) in [5, 5.41) is 20.7. The van der Waals surface area contributed by atoms with Crippen LogP contribution in [-0.2, 0) is 37.5 Å². The third kappa shape index (κ3) is 7.31. The molecule has 2 N–H and O–H groups in total. The summed E-state index contributed by atoms with van der Waals surface area (Å²) >= 11 is 0. The number of rotatable bonds is 11. The summed E-state index contributed by atoms with van der Waals surface area (Å²) in [5.41, 5.74) is 1.59. The van der Waals surface area contributed by atoms with Gasteiger partial charge in [0.2, 0.25) is 0 Å². The second-order valence-electron chi connectivity index (χ2n) is 7.60. The van der Waals surface area contributed by atoms with E-state index in [1.807, 2.05) is 12.1 Å². The predicted octanol–water partition coefficient (Wildman–Crippen LogP) is 4.51. The van der Waals surface area contributed by atoms with Crippen molar-refractivity contribution in [3.05, 3.63) is 36.5 Å². The summed E-state index contributed by atoms with van der Waals surface area (Å²) in [6.07, 6.45) is 9.69. The van der Waals surface area contributed by atoms with E-state index in [1.165, 1.54) is 0 Å². The Bertz CT molecular complexity index is 549. The van der Waals surface area contributed by atoms with E-state index in [0.29, 0.717) is 0 Å². The molecule has 1 fully saturated rings. The fourth-order valence-electron chi connectivity index (χ4n) is 3.98. The standard InChI is InChI=1S/C22H34NO3.Y/c1-3-5-7-9-10-17-20(25)14-21(26)22(17)18-13-12-16(15-23-18)19(24)11-8-6-4-2;/h12-13,15,17,19,21-22,24,26H,1,3-11,14H2,2H3;/q-1;/t17?,19?,21-,22?;/m1./s1. The van der Waals surface area contributed by atoms with Crippen LogP contribution in [0.1, 0.15) is 94.4 Å². The number of carbonyl (C=O) groups excluding carboxylic acids is 1. The largest absolute Gasteiger partial charge is 0.392 e. The molecule has 1 heterocycles. The number of unbranched alkanes of at least 4 members (excludes halogenated alkanes) is 5. The summed E-state index contributed by atoms with van der Waals surface area (Å²) in [6.45, 7) is 6.00. The van der Waals surface area contributed by atoms with Gasteiger partial charge in [-0.25, -0.2) is 0 Å². The molecule has 1 saturated carbocycles. The number of nitrogens with zero attached hydrogens (tertiary/aromatic N) is 1. The van der Waals surface area contributed by atoms with Gasteiger partial charge >= 0.3 is 0 Å². The van der Waals surface area contributed by atoms with Crippen molar-refractivity contribution in [2.75, 3.05) is 0 Å². The molecular formula is C22H34NO3Y-. The number of aromatic nitrogens is 1. The van der Waals surface area contributed by atoms with Crippen LogP contribution >= 0.6 is 0 Å². The molecule has 1 aliphatic carbocycles. The molecule has 0 spiro atoms. The second kappa shape index (κ2) is 13.1. The zero-order valence-corrected chi connectivity index (χ0v) is 19.5. The minimum atomic E-state index is -0.645. The first-order chi connectivity index (χ1) is 12.6. The predicted molar refractivity (Wildman–Crippen MR) is 104 cm³/mol. The summed E-state index contributed by atoms with van der Waals surface area (Å²) in [7, 11) is 0. The fourth-order valence-corrected chi connectivity index (χ4v) is 3.98. The zero-order chi connectivity index (χ0) is 18.9. The molecule has 4 atom stereocenters. The average molecular weight is 449 g/mol. The molecule has 0 aliphatic heterocycles. The van der Waals surface area contributed by atoms with Gasteiger partial charge in [-0.3, -0.25) is 9.78 Å². The monoisotopic (exact) mass is 449 g/mol. The smallest absolute Gasteiger partial charge is 0.139 e. The molecule has 0 bridgehead atoms. The van der Waals surface area contributed by atoms with Crippen LogP contribution in [0, 0.1) is 12.8 Å². The van der Waals surface area contributed by atoms with E-state index in [9.17, 15) is 15.0 Å². The Kier molecular flexibility index (Phi) is 12.1. The van der Waals surface area contributed by atoms with Crippen molar-refractivity contribution in [2.45, 2.75) is 89.3 Å². The summed E-state index contributed by atoms with van der Waals surface area (Å²) in [5.74, 6) is -0.196. The number of hydrogen-bond acceptors (Lipinski definition) is 4. The zero-order valence-electron chi connectivity index (χ0n) is 16.6. The van der Waals surface area contributed by atoms with E-state index in [4.69, 9.17) is 0 Å².